The minimum atomic E-state index is -4.30. The van der Waals surface area contributed by atoms with E-state index in [2.05, 4.69) is 15.4 Å². The summed E-state index contributed by atoms with van der Waals surface area (Å²) in [5.74, 6) is 0.738. The number of nitrogens with zero attached hydrogens (tertiary/aromatic N) is 3. The molecule has 0 saturated heterocycles. The highest BCUT2D eigenvalue weighted by molar-refractivity contribution is 5.24. The molecule has 2 rings (SSSR count). The van der Waals surface area contributed by atoms with Crippen LogP contribution in [-0.2, 0) is 19.3 Å². The zero-order valence-corrected chi connectivity index (χ0v) is 10.3. The van der Waals surface area contributed by atoms with Gasteiger partial charge < -0.3 is 5.32 Å². The molecule has 0 fully saturated rings. The molecule has 4 nitrogen and oxygen atoms in total. The summed E-state index contributed by atoms with van der Waals surface area (Å²) < 4.78 is 38.9. The van der Waals surface area contributed by atoms with E-state index < -0.39 is 11.7 Å². The molecule has 7 heteroatoms. The number of hydrogen-bond acceptors (Lipinski definition) is 3. The number of halogens is 3. The number of hydrogen-bond donors (Lipinski definition) is 1. The number of alkyl halides is 3. The summed E-state index contributed by atoms with van der Waals surface area (Å²) in [5, 5.41) is 7.00. The third kappa shape index (κ3) is 3.31. The number of nitrogens with one attached hydrogen (secondary N) is 1. The second kappa shape index (κ2) is 5.40. The minimum absolute atomic E-state index is 0.398. The van der Waals surface area contributed by atoms with E-state index in [1.807, 2.05) is 0 Å². The second-order valence-electron chi connectivity index (χ2n) is 4.06. The fraction of sp³-hybridized carbons (Fsp3) is 0.333. The Morgan fingerprint density at radius 1 is 1.21 bits per heavy atom. The van der Waals surface area contributed by atoms with E-state index in [1.165, 1.54) is 18.5 Å². The topological polar surface area (TPSA) is 42.7 Å². The Kier molecular flexibility index (Phi) is 3.84. The molecule has 0 atom stereocenters. The first-order valence-corrected chi connectivity index (χ1v) is 5.68. The molecule has 1 aromatic heterocycles. The van der Waals surface area contributed by atoms with Crippen molar-refractivity contribution in [3.05, 3.63) is 47.5 Å². The summed E-state index contributed by atoms with van der Waals surface area (Å²) in [4.78, 5) is 4.07. The van der Waals surface area contributed by atoms with Crippen molar-refractivity contribution in [1.29, 1.82) is 0 Å². The van der Waals surface area contributed by atoms with Crippen LogP contribution in [-0.4, -0.2) is 21.8 Å². The first-order valence-electron chi connectivity index (χ1n) is 5.68. The van der Waals surface area contributed by atoms with Gasteiger partial charge in [-0.05, 0) is 24.7 Å². The zero-order chi connectivity index (χ0) is 13.9. The SMILES string of the molecule is CNCc1ncnn1Cc1ccc(C(F)(F)F)cc1. The fourth-order valence-corrected chi connectivity index (χ4v) is 1.69. The van der Waals surface area contributed by atoms with Crippen molar-refractivity contribution in [2.75, 3.05) is 7.05 Å². The van der Waals surface area contributed by atoms with Crippen LogP contribution in [0, 0.1) is 0 Å². The molecule has 1 N–H and O–H groups in total. The van der Waals surface area contributed by atoms with Crippen molar-refractivity contribution in [2.45, 2.75) is 19.3 Å². The fourth-order valence-electron chi connectivity index (χ4n) is 1.69. The maximum atomic E-state index is 12.4. The average Bonchev–Trinajstić information content (AvgIpc) is 2.77. The van der Waals surface area contributed by atoms with E-state index in [9.17, 15) is 13.2 Å². The zero-order valence-electron chi connectivity index (χ0n) is 10.3. The van der Waals surface area contributed by atoms with Crippen LogP contribution in [0.1, 0.15) is 17.0 Å². The molecule has 0 saturated carbocycles. The van der Waals surface area contributed by atoms with Gasteiger partial charge in [-0.1, -0.05) is 12.1 Å². The van der Waals surface area contributed by atoms with Gasteiger partial charge in [-0.2, -0.15) is 18.3 Å². The summed E-state index contributed by atoms with van der Waals surface area (Å²) in [6, 6.07) is 5.05. The normalized spacial score (nSPS) is 11.8. The van der Waals surface area contributed by atoms with Crippen LogP contribution in [0.25, 0.3) is 0 Å². The molecular formula is C12H13F3N4. The smallest absolute Gasteiger partial charge is 0.313 e. The van der Waals surface area contributed by atoms with E-state index in [-0.39, 0.29) is 0 Å². The lowest BCUT2D eigenvalue weighted by atomic mass is 10.1. The van der Waals surface area contributed by atoms with Gasteiger partial charge in [0.15, 0.2) is 0 Å². The minimum Gasteiger partial charge on any atom is -0.313 e. The van der Waals surface area contributed by atoms with Gasteiger partial charge >= 0.3 is 6.18 Å². The Morgan fingerprint density at radius 3 is 2.47 bits per heavy atom. The van der Waals surface area contributed by atoms with Gasteiger partial charge in [-0.25, -0.2) is 9.67 Å². The van der Waals surface area contributed by atoms with Crippen LogP contribution in [0.4, 0.5) is 13.2 Å². The quantitative estimate of drug-likeness (QED) is 0.924. The van der Waals surface area contributed by atoms with Gasteiger partial charge in [0.05, 0.1) is 18.7 Å². The first-order chi connectivity index (χ1) is 9.00. The van der Waals surface area contributed by atoms with Crippen LogP contribution >= 0.6 is 0 Å². The lowest BCUT2D eigenvalue weighted by Gasteiger charge is -2.09. The van der Waals surface area contributed by atoms with Crippen LogP contribution in [0.15, 0.2) is 30.6 Å². The Balaban J connectivity index is 2.13. The Morgan fingerprint density at radius 2 is 1.89 bits per heavy atom. The Labute approximate surface area is 108 Å². The largest absolute Gasteiger partial charge is 0.416 e. The van der Waals surface area contributed by atoms with Gasteiger partial charge in [0.2, 0.25) is 0 Å². The van der Waals surface area contributed by atoms with E-state index >= 15 is 0 Å². The van der Waals surface area contributed by atoms with Crippen LogP contribution in [0.3, 0.4) is 0 Å². The molecule has 0 unspecified atom stereocenters. The second-order valence-corrected chi connectivity index (χ2v) is 4.06. The summed E-state index contributed by atoms with van der Waals surface area (Å²) in [5.41, 5.74) is 0.0983. The summed E-state index contributed by atoms with van der Waals surface area (Å²) >= 11 is 0. The number of aromatic nitrogens is 3. The van der Waals surface area contributed by atoms with Crippen LogP contribution in [0.2, 0.25) is 0 Å². The van der Waals surface area contributed by atoms with Crippen molar-refractivity contribution < 1.29 is 13.2 Å². The molecule has 0 amide bonds. The van der Waals surface area contributed by atoms with E-state index in [0.717, 1.165) is 23.5 Å². The van der Waals surface area contributed by atoms with Crippen molar-refractivity contribution in [2.24, 2.45) is 0 Å². The molecule has 19 heavy (non-hydrogen) atoms. The van der Waals surface area contributed by atoms with Gasteiger partial charge in [-0.15, -0.1) is 0 Å². The third-order valence-corrected chi connectivity index (χ3v) is 2.64. The van der Waals surface area contributed by atoms with Crippen molar-refractivity contribution in [3.63, 3.8) is 0 Å². The summed E-state index contributed by atoms with van der Waals surface area (Å²) in [6.45, 7) is 0.954. The van der Waals surface area contributed by atoms with Gasteiger partial charge in [-0.3, -0.25) is 0 Å². The highest BCUT2D eigenvalue weighted by Crippen LogP contribution is 2.29. The molecule has 1 heterocycles. The molecule has 102 valence electrons. The molecule has 0 spiro atoms. The average molecular weight is 270 g/mol. The highest BCUT2D eigenvalue weighted by atomic mass is 19.4. The van der Waals surface area contributed by atoms with Crippen molar-refractivity contribution >= 4 is 0 Å². The molecule has 0 radical (unpaired) electrons. The van der Waals surface area contributed by atoms with Gasteiger partial charge in [0, 0.05) is 0 Å². The maximum Gasteiger partial charge on any atom is 0.416 e. The van der Waals surface area contributed by atoms with Gasteiger partial charge in [0.25, 0.3) is 0 Å². The predicted octanol–water partition coefficient (Wildman–Crippen LogP) is 2.06. The van der Waals surface area contributed by atoms with E-state index in [0.29, 0.717) is 13.1 Å². The summed E-state index contributed by atoms with van der Waals surface area (Å²) in [7, 11) is 1.79. The standard InChI is InChI=1S/C12H13F3N4/c1-16-6-11-17-8-18-19(11)7-9-2-4-10(5-3-9)12(13,14)15/h2-5,8,16H,6-7H2,1H3. The molecule has 0 bridgehead atoms. The predicted molar refractivity (Wildman–Crippen MR) is 63.3 cm³/mol. The van der Waals surface area contributed by atoms with Crippen molar-refractivity contribution in [3.8, 4) is 0 Å². The molecule has 1 aromatic carbocycles. The van der Waals surface area contributed by atoms with Crippen LogP contribution in [0.5, 0.6) is 0 Å². The Bertz CT molecular complexity index is 531. The molecular weight excluding hydrogens is 257 g/mol. The summed E-state index contributed by atoms with van der Waals surface area (Å²) in [6.07, 6.45) is -2.88. The number of rotatable bonds is 4. The molecule has 0 aliphatic carbocycles. The maximum absolute atomic E-state index is 12.4. The Hall–Kier alpha value is -1.89. The van der Waals surface area contributed by atoms with Crippen LogP contribution < -0.4 is 5.32 Å². The van der Waals surface area contributed by atoms with Crippen molar-refractivity contribution in [1.82, 2.24) is 20.1 Å². The molecule has 0 aliphatic heterocycles. The molecule has 2 aromatic rings. The monoisotopic (exact) mass is 270 g/mol. The lowest BCUT2D eigenvalue weighted by Crippen LogP contribution is -2.14. The third-order valence-electron chi connectivity index (χ3n) is 2.64. The first kappa shape index (κ1) is 13.5. The number of benzene rings is 1. The van der Waals surface area contributed by atoms with E-state index in [4.69, 9.17) is 0 Å². The van der Waals surface area contributed by atoms with E-state index in [1.54, 1.807) is 11.7 Å². The molecule has 0 aliphatic rings. The highest BCUT2D eigenvalue weighted by Gasteiger charge is 2.29. The van der Waals surface area contributed by atoms with Gasteiger partial charge in [0.1, 0.15) is 12.2 Å². The lowest BCUT2D eigenvalue weighted by molar-refractivity contribution is -0.137.